The van der Waals surface area contributed by atoms with Crippen LogP contribution in [-0.2, 0) is 24.2 Å². The van der Waals surface area contributed by atoms with Gasteiger partial charge in [-0.25, -0.2) is 8.42 Å². The molecule has 1 aliphatic heterocycles. The summed E-state index contributed by atoms with van der Waals surface area (Å²) in [7, 11) is -0.434. The second-order valence-electron chi connectivity index (χ2n) is 8.59. The zero-order valence-corrected chi connectivity index (χ0v) is 21.1. The third-order valence-electron chi connectivity index (χ3n) is 6.55. The van der Waals surface area contributed by atoms with Crippen LogP contribution in [0.5, 0.6) is 0 Å². The van der Waals surface area contributed by atoms with Gasteiger partial charge in [-0.15, -0.1) is 0 Å². The molecule has 3 aromatic rings. The Balaban J connectivity index is 1.58. The van der Waals surface area contributed by atoms with Gasteiger partial charge in [0, 0.05) is 50.7 Å². The van der Waals surface area contributed by atoms with Crippen LogP contribution in [0.2, 0.25) is 0 Å². The Morgan fingerprint density at radius 3 is 2.34 bits per heavy atom. The number of para-hydroxylation sites is 1. The van der Waals surface area contributed by atoms with Gasteiger partial charge in [-0.3, -0.25) is 4.79 Å². The van der Waals surface area contributed by atoms with E-state index in [0.717, 1.165) is 16.5 Å². The van der Waals surface area contributed by atoms with Crippen LogP contribution in [0, 0.1) is 5.92 Å². The third kappa shape index (κ3) is 5.19. The summed E-state index contributed by atoms with van der Waals surface area (Å²) < 4.78 is 44.1. The van der Waals surface area contributed by atoms with Gasteiger partial charge in [0.2, 0.25) is 10.0 Å². The molecule has 1 N–H and O–H groups in total. The van der Waals surface area contributed by atoms with E-state index >= 15 is 0 Å². The summed E-state index contributed by atoms with van der Waals surface area (Å²) >= 11 is 0. The number of aromatic nitrogens is 1. The summed E-state index contributed by atoms with van der Waals surface area (Å²) in [5.74, 6) is 0.0396. The van der Waals surface area contributed by atoms with Gasteiger partial charge in [0.15, 0.2) is 12.1 Å². The average Bonchev–Trinajstić information content (AvgIpc) is 3.28. The zero-order valence-electron chi connectivity index (χ0n) is 20.3. The van der Waals surface area contributed by atoms with Gasteiger partial charge in [-0.05, 0) is 43.5 Å². The second kappa shape index (κ2) is 11.0. The molecule has 8 nitrogen and oxygen atoms in total. The zero-order chi connectivity index (χ0) is 25.0. The highest BCUT2D eigenvalue weighted by Crippen LogP contribution is 2.32. The van der Waals surface area contributed by atoms with Crippen molar-refractivity contribution in [3.05, 3.63) is 54.1 Å². The molecular formula is C26H32N2O6S. The van der Waals surface area contributed by atoms with E-state index in [1.807, 2.05) is 31.2 Å². The lowest BCUT2D eigenvalue weighted by molar-refractivity contribution is -0.144. The van der Waals surface area contributed by atoms with Crippen molar-refractivity contribution in [1.29, 1.82) is 0 Å². The van der Waals surface area contributed by atoms with Crippen LogP contribution in [0.1, 0.15) is 30.1 Å². The Morgan fingerprint density at radius 1 is 1.06 bits per heavy atom. The third-order valence-corrected chi connectivity index (χ3v) is 8.46. The van der Waals surface area contributed by atoms with E-state index in [9.17, 15) is 13.2 Å². The van der Waals surface area contributed by atoms with E-state index in [-0.39, 0.29) is 29.5 Å². The smallest absolute Gasteiger partial charge is 0.243 e. The van der Waals surface area contributed by atoms with E-state index in [1.165, 1.54) is 4.31 Å². The van der Waals surface area contributed by atoms with Gasteiger partial charge in [-0.2, -0.15) is 4.31 Å². The van der Waals surface area contributed by atoms with Crippen molar-refractivity contribution in [2.75, 3.05) is 40.5 Å². The largest absolute Gasteiger partial charge is 0.374 e. The lowest BCUT2D eigenvalue weighted by Gasteiger charge is -2.34. The van der Waals surface area contributed by atoms with E-state index in [1.54, 1.807) is 38.5 Å². The molecular weight excluding hydrogens is 468 g/mol. The van der Waals surface area contributed by atoms with Crippen molar-refractivity contribution in [2.24, 2.45) is 5.92 Å². The number of hydrogen-bond donors (Lipinski definition) is 1. The first-order chi connectivity index (χ1) is 16.9. The summed E-state index contributed by atoms with van der Waals surface area (Å²) in [6.45, 7) is 3.11. The molecule has 0 amide bonds. The molecule has 0 saturated carbocycles. The molecule has 0 atom stereocenters. The van der Waals surface area contributed by atoms with Gasteiger partial charge >= 0.3 is 0 Å². The first kappa shape index (κ1) is 25.5. The van der Waals surface area contributed by atoms with Crippen LogP contribution >= 0.6 is 0 Å². The number of nitrogens with one attached hydrogen (secondary N) is 1. The maximum atomic E-state index is 13.3. The summed E-state index contributed by atoms with van der Waals surface area (Å²) in [5.41, 5.74) is 2.79. The van der Waals surface area contributed by atoms with Gasteiger partial charge in [0.05, 0.1) is 16.2 Å². The number of fused-ring (bicyclic) bond motifs is 1. The van der Waals surface area contributed by atoms with Crippen molar-refractivity contribution in [2.45, 2.75) is 31.0 Å². The molecule has 2 aromatic carbocycles. The fourth-order valence-electron chi connectivity index (χ4n) is 4.73. The van der Waals surface area contributed by atoms with Crippen LogP contribution in [0.4, 0.5) is 0 Å². The predicted molar refractivity (Wildman–Crippen MR) is 134 cm³/mol. The normalized spacial score (nSPS) is 15.8. The summed E-state index contributed by atoms with van der Waals surface area (Å²) in [6, 6.07) is 14.3. The lowest BCUT2D eigenvalue weighted by Crippen LogP contribution is -2.42. The minimum absolute atomic E-state index is 0.0131. The SMILES string of the molecule is CCOCC(=O)c1c(-c2ccc(S(=O)(=O)N3CCC(C(OC)OC)CC3)cc2)[nH]c2ccccc12. The molecule has 9 heteroatoms. The molecule has 0 spiro atoms. The lowest BCUT2D eigenvalue weighted by atomic mass is 9.97. The highest BCUT2D eigenvalue weighted by atomic mass is 32.2. The minimum Gasteiger partial charge on any atom is -0.374 e. The molecule has 35 heavy (non-hydrogen) atoms. The molecule has 2 heterocycles. The van der Waals surface area contributed by atoms with Gasteiger partial charge in [0.1, 0.15) is 6.61 Å². The summed E-state index contributed by atoms with van der Waals surface area (Å²) in [6.07, 6.45) is 1.02. The molecule has 0 unspecified atom stereocenters. The Kier molecular flexibility index (Phi) is 8.03. The van der Waals surface area contributed by atoms with Crippen LogP contribution in [0.3, 0.4) is 0 Å². The Morgan fingerprint density at radius 2 is 1.71 bits per heavy atom. The number of carbonyl (C=O) groups excluding carboxylic acids is 1. The molecule has 0 radical (unpaired) electrons. The number of ketones is 1. The molecule has 0 aliphatic carbocycles. The maximum absolute atomic E-state index is 13.3. The molecule has 1 saturated heterocycles. The number of piperidine rings is 1. The fourth-order valence-corrected chi connectivity index (χ4v) is 6.20. The van der Waals surface area contributed by atoms with Gasteiger partial charge < -0.3 is 19.2 Å². The molecule has 188 valence electrons. The number of methoxy groups -OCH3 is 2. The van der Waals surface area contributed by atoms with Crippen molar-refractivity contribution < 1.29 is 27.4 Å². The number of nitrogens with zero attached hydrogens (tertiary/aromatic N) is 1. The van der Waals surface area contributed by atoms with E-state index in [2.05, 4.69) is 4.98 Å². The first-order valence-electron chi connectivity index (χ1n) is 11.8. The number of rotatable bonds is 10. The first-order valence-corrected chi connectivity index (χ1v) is 13.2. The molecule has 1 aromatic heterocycles. The van der Waals surface area contributed by atoms with Crippen molar-refractivity contribution >= 4 is 26.7 Å². The molecule has 0 bridgehead atoms. The number of hydrogen-bond acceptors (Lipinski definition) is 6. The number of carbonyl (C=O) groups is 1. The van der Waals surface area contributed by atoms with Crippen LogP contribution in [0.15, 0.2) is 53.4 Å². The fraction of sp³-hybridized carbons (Fsp3) is 0.423. The number of Topliss-reactive ketones (excluding diaryl/α,β-unsaturated/α-hetero) is 1. The number of sulfonamides is 1. The van der Waals surface area contributed by atoms with Crippen LogP contribution < -0.4 is 0 Å². The number of ether oxygens (including phenoxy) is 3. The van der Waals surface area contributed by atoms with Crippen molar-refractivity contribution in [1.82, 2.24) is 9.29 Å². The van der Waals surface area contributed by atoms with Crippen molar-refractivity contribution in [3.8, 4) is 11.3 Å². The average molecular weight is 501 g/mol. The minimum atomic E-state index is -3.63. The Hall–Kier alpha value is -2.56. The van der Waals surface area contributed by atoms with Crippen LogP contribution in [-0.4, -0.2) is 70.3 Å². The Bertz CT molecular complexity index is 1260. The monoisotopic (exact) mass is 500 g/mol. The quantitative estimate of drug-likeness (QED) is 0.333. The highest BCUT2D eigenvalue weighted by molar-refractivity contribution is 7.89. The van der Waals surface area contributed by atoms with Gasteiger partial charge in [-0.1, -0.05) is 30.3 Å². The number of H-pyrrole nitrogens is 1. The standard InChI is InChI=1S/C26H32N2O6S/c1-4-34-17-23(29)24-21-7-5-6-8-22(21)27-25(24)18-9-11-20(12-10-18)35(30,31)28-15-13-19(14-16-28)26(32-2)33-3/h5-12,19,26-27H,4,13-17H2,1-3H3. The predicted octanol–water partition coefficient (Wildman–Crippen LogP) is 4.07. The van der Waals surface area contributed by atoms with Crippen molar-refractivity contribution in [3.63, 3.8) is 0 Å². The topological polar surface area (TPSA) is 97.9 Å². The summed E-state index contributed by atoms with van der Waals surface area (Å²) in [5, 5.41) is 0.817. The van der Waals surface area contributed by atoms with E-state index in [0.29, 0.717) is 43.8 Å². The number of aromatic amines is 1. The van der Waals surface area contributed by atoms with Gasteiger partial charge in [0.25, 0.3) is 0 Å². The second-order valence-corrected chi connectivity index (χ2v) is 10.5. The number of benzene rings is 2. The highest BCUT2D eigenvalue weighted by Gasteiger charge is 2.33. The summed E-state index contributed by atoms with van der Waals surface area (Å²) in [4.78, 5) is 16.5. The van der Waals surface area contributed by atoms with E-state index < -0.39 is 10.0 Å². The molecule has 1 fully saturated rings. The van der Waals surface area contributed by atoms with Crippen LogP contribution in [0.25, 0.3) is 22.2 Å². The maximum Gasteiger partial charge on any atom is 0.243 e. The molecule has 4 rings (SSSR count). The van der Waals surface area contributed by atoms with E-state index in [4.69, 9.17) is 14.2 Å². The molecule has 1 aliphatic rings. The Labute approximate surface area is 206 Å².